The van der Waals surface area contributed by atoms with Crippen LogP contribution in [0.5, 0.6) is 0 Å². The number of carbonyl (C=O) groups excluding carboxylic acids is 1. The van der Waals surface area contributed by atoms with Crippen molar-refractivity contribution in [2.24, 2.45) is 11.8 Å². The number of hydrogen-bond donors (Lipinski definition) is 2. The molecule has 1 saturated carbocycles. The van der Waals surface area contributed by atoms with Crippen molar-refractivity contribution in [3.8, 4) is 0 Å². The Labute approximate surface area is 114 Å². The van der Waals surface area contributed by atoms with E-state index in [2.05, 4.69) is 5.32 Å². The topological polar surface area (TPSA) is 69.6 Å². The van der Waals surface area contributed by atoms with Gasteiger partial charge in [-0.15, -0.1) is 0 Å². The maximum atomic E-state index is 12.0. The third-order valence-electron chi connectivity index (χ3n) is 4.25. The summed E-state index contributed by atoms with van der Waals surface area (Å²) in [6.07, 6.45) is 6.11. The molecule has 0 bridgehead atoms. The normalized spacial score (nSPS) is 27.1. The van der Waals surface area contributed by atoms with Crippen molar-refractivity contribution in [2.45, 2.75) is 51.5 Å². The number of nitrogens with one attached hydrogen (secondary N) is 1. The van der Waals surface area contributed by atoms with Gasteiger partial charge >= 0.3 is 12.0 Å². The lowest BCUT2D eigenvalue weighted by atomic mass is 9.92. The molecule has 2 N–H and O–H groups in total. The van der Waals surface area contributed by atoms with Crippen LogP contribution >= 0.6 is 0 Å². The van der Waals surface area contributed by atoms with Crippen LogP contribution < -0.4 is 5.32 Å². The molecule has 2 atom stereocenters. The Hall–Kier alpha value is -1.26. The third-order valence-corrected chi connectivity index (χ3v) is 4.25. The van der Waals surface area contributed by atoms with Gasteiger partial charge in [0, 0.05) is 19.1 Å². The largest absolute Gasteiger partial charge is 0.481 e. The molecule has 0 aromatic carbocycles. The molecule has 0 spiro atoms. The highest BCUT2D eigenvalue weighted by atomic mass is 16.4. The van der Waals surface area contributed by atoms with Crippen LogP contribution in [0.15, 0.2) is 0 Å². The van der Waals surface area contributed by atoms with Crippen LogP contribution in [0, 0.1) is 11.8 Å². The van der Waals surface area contributed by atoms with E-state index >= 15 is 0 Å². The fourth-order valence-electron chi connectivity index (χ4n) is 2.79. The van der Waals surface area contributed by atoms with E-state index < -0.39 is 5.97 Å². The zero-order valence-corrected chi connectivity index (χ0v) is 11.6. The zero-order valence-electron chi connectivity index (χ0n) is 11.6. The summed E-state index contributed by atoms with van der Waals surface area (Å²) in [6.45, 7) is 3.21. The Kier molecular flexibility index (Phi) is 4.66. The molecule has 1 aliphatic carbocycles. The Morgan fingerprint density at radius 1 is 1.32 bits per heavy atom. The van der Waals surface area contributed by atoms with Crippen LogP contribution in [-0.4, -0.2) is 41.1 Å². The van der Waals surface area contributed by atoms with Crippen LogP contribution in [0.3, 0.4) is 0 Å². The average molecular weight is 268 g/mol. The summed E-state index contributed by atoms with van der Waals surface area (Å²) in [5, 5.41) is 11.9. The van der Waals surface area contributed by atoms with Gasteiger partial charge in [0.05, 0.1) is 5.92 Å². The Bertz CT molecular complexity index is 342. The minimum absolute atomic E-state index is 0.0123. The molecule has 1 saturated heterocycles. The van der Waals surface area contributed by atoms with Gasteiger partial charge in [0.15, 0.2) is 0 Å². The minimum atomic E-state index is -0.739. The second-order valence-corrected chi connectivity index (χ2v) is 5.92. The van der Waals surface area contributed by atoms with Crippen molar-refractivity contribution in [1.82, 2.24) is 10.2 Å². The molecule has 0 aromatic rings. The van der Waals surface area contributed by atoms with Gasteiger partial charge in [-0.1, -0.05) is 12.8 Å². The maximum Gasteiger partial charge on any atom is 0.317 e. The second kappa shape index (κ2) is 6.26. The lowest BCUT2D eigenvalue weighted by Gasteiger charge is -2.36. The van der Waals surface area contributed by atoms with E-state index in [4.69, 9.17) is 5.11 Å². The lowest BCUT2D eigenvalue weighted by molar-refractivity contribution is -0.143. The highest BCUT2D eigenvalue weighted by Crippen LogP contribution is 2.33. The quantitative estimate of drug-likeness (QED) is 0.750. The number of hydrogen-bond acceptors (Lipinski definition) is 2. The van der Waals surface area contributed by atoms with E-state index in [-0.39, 0.29) is 18.0 Å². The number of carboxylic acid groups (broad SMARTS) is 1. The van der Waals surface area contributed by atoms with E-state index in [1.54, 1.807) is 4.90 Å². The number of rotatable bonds is 5. The molecule has 2 fully saturated rings. The number of likely N-dealkylation sites (tertiary alicyclic amines) is 1. The molecule has 1 heterocycles. The monoisotopic (exact) mass is 268 g/mol. The molecule has 108 valence electrons. The highest BCUT2D eigenvalue weighted by molar-refractivity contribution is 5.75. The molecule has 2 rings (SSSR count). The minimum Gasteiger partial charge on any atom is -0.481 e. The molecule has 0 radical (unpaired) electrons. The SMILES string of the molecule is CC1CC(C(=O)O)CCN1C(=O)NCCCC1CC1. The van der Waals surface area contributed by atoms with Crippen LogP contribution in [0.4, 0.5) is 4.79 Å². The first-order chi connectivity index (χ1) is 9.08. The van der Waals surface area contributed by atoms with Gasteiger partial charge in [-0.3, -0.25) is 4.79 Å². The first kappa shape index (κ1) is 14.2. The van der Waals surface area contributed by atoms with Gasteiger partial charge in [0.25, 0.3) is 0 Å². The second-order valence-electron chi connectivity index (χ2n) is 5.92. The number of carboxylic acids is 1. The van der Waals surface area contributed by atoms with E-state index in [9.17, 15) is 9.59 Å². The van der Waals surface area contributed by atoms with E-state index in [1.807, 2.05) is 6.92 Å². The van der Waals surface area contributed by atoms with Gasteiger partial charge in [-0.05, 0) is 38.5 Å². The lowest BCUT2D eigenvalue weighted by Crippen LogP contribution is -2.50. The summed E-state index contributed by atoms with van der Waals surface area (Å²) in [5.41, 5.74) is 0. The molecule has 2 unspecified atom stereocenters. The summed E-state index contributed by atoms with van der Waals surface area (Å²) in [7, 11) is 0. The number of carbonyl (C=O) groups is 2. The van der Waals surface area contributed by atoms with Gasteiger partial charge in [-0.25, -0.2) is 4.79 Å². The maximum absolute atomic E-state index is 12.0. The van der Waals surface area contributed by atoms with Crippen LogP contribution in [0.1, 0.15) is 45.4 Å². The van der Waals surface area contributed by atoms with E-state index in [0.29, 0.717) is 19.4 Å². The zero-order chi connectivity index (χ0) is 13.8. The Morgan fingerprint density at radius 3 is 2.63 bits per heavy atom. The fraction of sp³-hybridized carbons (Fsp3) is 0.857. The molecule has 2 aliphatic rings. The molecular weight excluding hydrogens is 244 g/mol. The van der Waals surface area contributed by atoms with E-state index in [0.717, 1.165) is 18.9 Å². The van der Waals surface area contributed by atoms with Gasteiger partial charge in [-0.2, -0.15) is 0 Å². The van der Waals surface area contributed by atoms with Gasteiger partial charge in [0.2, 0.25) is 0 Å². The number of amides is 2. The van der Waals surface area contributed by atoms with Crippen LogP contribution in [0.25, 0.3) is 0 Å². The first-order valence-electron chi connectivity index (χ1n) is 7.35. The number of urea groups is 1. The summed E-state index contributed by atoms with van der Waals surface area (Å²) >= 11 is 0. The predicted molar refractivity (Wildman–Crippen MR) is 71.9 cm³/mol. The van der Waals surface area contributed by atoms with Crippen molar-refractivity contribution < 1.29 is 14.7 Å². The summed E-state index contributed by atoms with van der Waals surface area (Å²) < 4.78 is 0. The van der Waals surface area contributed by atoms with Crippen LogP contribution in [-0.2, 0) is 4.79 Å². The van der Waals surface area contributed by atoms with Crippen molar-refractivity contribution in [3.05, 3.63) is 0 Å². The van der Waals surface area contributed by atoms with Crippen molar-refractivity contribution >= 4 is 12.0 Å². The number of piperidine rings is 1. The molecule has 2 amide bonds. The molecule has 19 heavy (non-hydrogen) atoms. The van der Waals surface area contributed by atoms with E-state index in [1.165, 1.54) is 19.3 Å². The van der Waals surface area contributed by atoms with Crippen molar-refractivity contribution in [1.29, 1.82) is 0 Å². The highest BCUT2D eigenvalue weighted by Gasteiger charge is 2.32. The molecule has 1 aliphatic heterocycles. The third kappa shape index (κ3) is 4.11. The Morgan fingerprint density at radius 2 is 2.05 bits per heavy atom. The number of aliphatic carboxylic acids is 1. The van der Waals surface area contributed by atoms with Crippen molar-refractivity contribution in [3.63, 3.8) is 0 Å². The fourth-order valence-corrected chi connectivity index (χ4v) is 2.79. The molecule has 0 aromatic heterocycles. The molecule has 5 nitrogen and oxygen atoms in total. The standard InChI is InChI=1S/C14H24N2O3/c1-10-9-12(13(17)18)6-8-16(10)14(19)15-7-2-3-11-4-5-11/h10-12H,2-9H2,1H3,(H,15,19)(H,17,18). The van der Waals surface area contributed by atoms with Gasteiger partial charge in [0.1, 0.15) is 0 Å². The molecular formula is C14H24N2O3. The summed E-state index contributed by atoms with van der Waals surface area (Å²) in [4.78, 5) is 24.7. The smallest absolute Gasteiger partial charge is 0.317 e. The summed E-state index contributed by atoms with van der Waals surface area (Å²) in [6, 6.07) is -0.0228. The first-order valence-corrected chi connectivity index (χ1v) is 7.35. The Balaban J connectivity index is 1.68. The van der Waals surface area contributed by atoms with Crippen LogP contribution in [0.2, 0.25) is 0 Å². The predicted octanol–water partition coefficient (Wildman–Crippen LogP) is 2.07. The summed E-state index contributed by atoms with van der Waals surface area (Å²) in [5.74, 6) is -0.132. The van der Waals surface area contributed by atoms with Crippen molar-refractivity contribution in [2.75, 3.05) is 13.1 Å². The average Bonchev–Trinajstić information content (AvgIpc) is 3.18. The number of nitrogens with zero attached hydrogens (tertiary/aromatic N) is 1. The molecule has 5 heteroatoms. The van der Waals surface area contributed by atoms with Gasteiger partial charge < -0.3 is 15.3 Å².